The van der Waals surface area contributed by atoms with Gasteiger partial charge in [-0.25, -0.2) is 0 Å². The van der Waals surface area contributed by atoms with Crippen LogP contribution in [0.3, 0.4) is 0 Å². The lowest BCUT2D eigenvalue weighted by atomic mass is 9.89. The smallest absolute Gasteiger partial charge is 0.227 e. The summed E-state index contributed by atoms with van der Waals surface area (Å²) in [5, 5.41) is 3.65. The normalized spacial score (nSPS) is 28.2. The Balaban J connectivity index is 0.00000156. The van der Waals surface area contributed by atoms with E-state index in [0.29, 0.717) is 30.3 Å². The molecule has 0 radical (unpaired) electrons. The van der Waals surface area contributed by atoms with Gasteiger partial charge in [0.25, 0.3) is 0 Å². The van der Waals surface area contributed by atoms with E-state index in [1.807, 2.05) is 17.0 Å². The number of hydrogen-bond donors (Lipinski definition) is 1. The second-order valence-electron chi connectivity index (χ2n) is 6.97. The Morgan fingerprint density at radius 3 is 2.74 bits per heavy atom. The zero-order valence-corrected chi connectivity index (χ0v) is 14.4. The summed E-state index contributed by atoms with van der Waals surface area (Å²) in [5.41, 5.74) is 2.32. The first kappa shape index (κ1) is 16.6. The number of hydrogen-bond acceptors (Lipinski definition) is 3. The minimum atomic E-state index is 0. The van der Waals surface area contributed by atoms with Crippen molar-refractivity contribution >= 4 is 24.0 Å². The second kappa shape index (κ2) is 6.70. The van der Waals surface area contributed by atoms with Gasteiger partial charge in [-0.1, -0.05) is 0 Å². The van der Waals surface area contributed by atoms with Crippen molar-refractivity contribution in [2.24, 2.45) is 5.92 Å². The maximum atomic E-state index is 12.7. The van der Waals surface area contributed by atoms with E-state index in [2.05, 4.69) is 11.4 Å². The first-order valence-corrected chi connectivity index (χ1v) is 8.46. The molecule has 0 spiro atoms. The van der Waals surface area contributed by atoms with Crippen LogP contribution in [0.5, 0.6) is 5.75 Å². The minimum Gasteiger partial charge on any atom is -0.497 e. The molecule has 1 aromatic carbocycles. The van der Waals surface area contributed by atoms with E-state index in [1.165, 1.54) is 31.2 Å². The van der Waals surface area contributed by atoms with Gasteiger partial charge in [0, 0.05) is 30.7 Å². The van der Waals surface area contributed by atoms with Gasteiger partial charge in [-0.3, -0.25) is 4.79 Å². The van der Waals surface area contributed by atoms with Crippen molar-refractivity contribution in [3.63, 3.8) is 0 Å². The quantitative estimate of drug-likeness (QED) is 0.922. The summed E-state index contributed by atoms with van der Waals surface area (Å²) in [6.45, 7) is 0.819. The molecule has 3 aliphatic heterocycles. The van der Waals surface area contributed by atoms with Gasteiger partial charge in [0.1, 0.15) is 5.75 Å². The Morgan fingerprint density at radius 2 is 2.04 bits per heavy atom. The van der Waals surface area contributed by atoms with E-state index in [0.717, 1.165) is 24.4 Å². The predicted molar refractivity (Wildman–Crippen MR) is 93.6 cm³/mol. The van der Waals surface area contributed by atoms with Crippen LogP contribution in [0, 0.1) is 5.92 Å². The van der Waals surface area contributed by atoms with E-state index in [9.17, 15) is 4.79 Å². The largest absolute Gasteiger partial charge is 0.497 e. The van der Waals surface area contributed by atoms with E-state index in [4.69, 9.17) is 4.74 Å². The number of carbonyl (C=O) groups is 1. The fraction of sp³-hybridized carbons (Fsp3) is 0.611. The lowest BCUT2D eigenvalue weighted by Crippen LogP contribution is -2.40. The Kier molecular flexibility index (Phi) is 4.83. The summed E-state index contributed by atoms with van der Waals surface area (Å²) >= 11 is 0. The number of benzene rings is 1. The van der Waals surface area contributed by atoms with Crippen LogP contribution < -0.4 is 15.0 Å². The van der Waals surface area contributed by atoms with Crippen molar-refractivity contribution in [1.29, 1.82) is 0 Å². The van der Waals surface area contributed by atoms with Crippen LogP contribution in [0.15, 0.2) is 18.2 Å². The predicted octanol–water partition coefficient (Wildman–Crippen LogP) is 2.93. The third-order valence-electron chi connectivity index (χ3n) is 5.52. The van der Waals surface area contributed by atoms with Crippen LogP contribution in [0.1, 0.15) is 37.7 Å². The van der Waals surface area contributed by atoms with Crippen LogP contribution in [-0.4, -0.2) is 31.6 Å². The van der Waals surface area contributed by atoms with E-state index < -0.39 is 0 Å². The van der Waals surface area contributed by atoms with Gasteiger partial charge >= 0.3 is 0 Å². The van der Waals surface area contributed by atoms with Gasteiger partial charge in [-0.05, 0) is 61.8 Å². The lowest BCUT2D eigenvalue weighted by Gasteiger charge is -2.30. The SMILES string of the molecule is COc1ccc2c(c1)CCN2C(=O)CC1CC2CCC(C1)N2.Cl. The molecule has 2 bridgehead atoms. The average molecular weight is 337 g/mol. The molecule has 2 fully saturated rings. The van der Waals surface area contributed by atoms with Crippen molar-refractivity contribution in [2.75, 3.05) is 18.6 Å². The highest BCUT2D eigenvalue weighted by molar-refractivity contribution is 5.95. The summed E-state index contributed by atoms with van der Waals surface area (Å²) in [6, 6.07) is 7.37. The molecule has 2 saturated heterocycles. The summed E-state index contributed by atoms with van der Waals surface area (Å²) in [7, 11) is 1.69. The zero-order valence-electron chi connectivity index (χ0n) is 13.6. The van der Waals surface area contributed by atoms with Crippen molar-refractivity contribution in [2.45, 2.75) is 50.6 Å². The summed E-state index contributed by atoms with van der Waals surface area (Å²) in [4.78, 5) is 14.7. The number of fused-ring (bicyclic) bond motifs is 3. The molecular formula is C18H25ClN2O2. The molecule has 3 aliphatic rings. The highest BCUT2D eigenvalue weighted by atomic mass is 35.5. The molecule has 1 aromatic rings. The molecule has 3 heterocycles. The number of piperidine rings is 1. The standard InChI is InChI=1S/C18H24N2O2.ClH/c1-22-16-4-5-17-13(11-16)6-7-20(17)18(21)10-12-8-14-2-3-15(9-12)19-14;/h4-5,11-12,14-15,19H,2-3,6-10H2,1H3;1H. The van der Waals surface area contributed by atoms with Gasteiger partial charge in [-0.2, -0.15) is 0 Å². The lowest BCUT2D eigenvalue weighted by molar-refractivity contribution is -0.119. The van der Waals surface area contributed by atoms with Gasteiger partial charge in [0.2, 0.25) is 5.91 Å². The van der Waals surface area contributed by atoms with Crippen LogP contribution in [0.25, 0.3) is 0 Å². The maximum Gasteiger partial charge on any atom is 0.227 e. The maximum absolute atomic E-state index is 12.7. The number of carbonyl (C=O) groups excluding carboxylic acids is 1. The zero-order chi connectivity index (χ0) is 15.1. The summed E-state index contributed by atoms with van der Waals surface area (Å²) in [6.07, 6.45) is 6.58. The molecule has 126 valence electrons. The van der Waals surface area contributed by atoms with Gasteiger partial charge in [0.05, 0.1) is 7.11 Å². The molecule has 0 aromatic heterocycles. The Morgan fingerprint density at radius 1 is 1.30 bits per heavy atom. The number of anilines is 1. The van der Waals surface area contributed by atoms with E-state index in [-0.39, 0.29) is 12.4 Å². The number of nitrogens with zero attached hydrogens (tertiary/aromatic N) is 1. The summed E-state index contributed by atoms with van der Waals surface area (Å²) < 4.78 is 5.28. The molecule has 4 nitrogen and oxygen atoms in total. The Labute approximate surface area is 144 Å². The van der Waals surface area contributed by atoms with Crippen LogP contribution in [0.4, 0.5) is 5.69 Å². The summed E-state index contributed by atoms with van der Waals surface area (Å²) in [5.74, 6) is 1.74. The van der Waals surface area contributed by atoms with E-state index >= 15 is 0 Å². The Hall–Kier alpha value is -1.26. The molecule has 1 N–H and O–H groups in total. The molecule has 0 saturated carbocycles. The third-order valence-corrected chi connectivity index (χ3v) is 5.52. The van der Waals surface area contributed by atoms with Crippen LogP contribution in [0.2, 0.25) is 0 Å². The molecule has 2 atom stereocenters. The second-order valence-corrected chi connectivity index (χ2v) is 6.97. The van der Waals surface area contributed by atoms with E-state index in [1.54, 1.807) is 7.11 Å². The minimum absolute atomic E-state index is 0. The highest BCUT2D eigenvalue weighted by Gasteiger charge is 2.35. The number of ether oxygens (including phenoxy) is 1. The fourth-order valence-corrected chi connectivity index (χ4v) is 4.46. The number of rotatable bonds is 3. The molecule has 0 aliphatic carbocycles. The highest BCUT2D eigenvalue weighted by Crippen LogP contribution is 2.35. The monoisotopic (exact) mass is 336 g/mol. The van der Waals surface area contributed by atoms with Gasteiger partial charge < -0.3 is 15.0 Å². The van der Waals surface area contributed by atoms with Crippen LogP contribution >= 0.6 is 12.4 Å². The number of methoxy groups -OCH3 is 1. The molecular weight excluding hydrogens is 312 g/mol. The van der Waals surface area contributed by atoms with Crippen molar-refractivity contribution in [3.05, 3.63) is 23.8 Å². The molecule has 4 rings (SSSR count). The topological polar surface area (TPSA) is 41.6 Å². The first-order chi connectivity index (χ1) is 10.7. The van der Waals surface area contributed by atoms with Gasteiger partial charge in [-0.15, -0.1) is 12.4 Å². The van der Waals surface area contributed by atoms with Gasteiger partial charge in [0.15, 0.2) is 0 Å². The number of halogens is 1. The average Bonchev–Trinajstić information content (AvgIpc) is 3.09. The molecule has 23 heavy (non-hydrogen) atoms. The molecule has 5 heteroatoms. The first-order valence-electron chi connectivity index (χ1n) is 8.46. The van der Waals surface area contributed by atoms with Crippen molar-refractivity contribution in [1.82, 2.24) is 5.32 Å². The molecule has 2 unspecified atom stereocenters. The fourth-order valence-electron chi connectivity index (χ4n) is 4.46. The molecule has 1 amide bonds. The van der Waals surface area contributed by atoms with Crippen molar-refractivity contribution in [3.8, 4) is 5.75 Å². The number of nitrogens with one attached hydrogen (secondary N) is 1. The Bertz CT molecular complexity index is 580. The number of amides is 1. The third kappa shape index (κ3) is 3.20. The van der Waals surface area contributed by atoms with Crippen molar-refractivity contribution < 1.29 is 9.53 Å². The van der Waals surface area contributed by atoms with Crippen LogP contribution in [-0.2, 0) is 11.2 Å².